The molecule has 0 bridgehead atoms. The zero-order valence-electron chi connectivity index (χ0n) is 14.5. The molecule has 2 aromatic carbocycles. The standard InChI is InChI=1S/C19H22FNO4/c1-13(14-8-9-17(23-2)18(12-14)24-3)21-19(22)10-11-25-16-7-5-4-6-15(16)20/h4-9,12-13H,10-11H2,1-3H3,(H,21,22). The minimum atomic E-state index is -0.443. The molecule has 0 aliphatic heterocycles. The van der Waals surface area contributed by atoms with Gasteiger partial charge in [0, 0.05) is 0 Å². The van der Waals surface area contributed by atoms with E-state index in [1.54, 1.807) is 32.4 Å². The number of amides is 1. The van der Waals surface area contributed by atoms with E-state index in [2.05, 4.69) is 5.32 Å². The van der Waals surface area contributed by atoms with Gasteiger partial charge in [0.2, 0.25) is 5.91 Å². The molecule has 25 heavy (non-hydrogen) atoms. The van der Waals surface area contributed by atoms with Crippen molar-refractivity contribution >= 4 is 5.91 Å². The number of rotatable bonds is 8. The first kappa shape index (κ1) is 18.6. The van der Waals surface area contributed by atoms with Gasteiger partial charge in [-0.3, -0.25) is 4.79 Å². The highest BCUT2D eigenvalue weighted by Gasteiger charge is 2.13. The third-order valence-electron chi connectivity index (χ3n) is 3.71. The molecular weight excluding hydrogens is 325 g/mol. The average Bonchev–Trinajstić information content (AvgIpc) is 2.62. The van der Waals surface area contributed by atoms with Crippen molar-refractivity contribution in [3.8, 4) is 17.2 Å². The lowest BCUT2D eigenvalue weighted by Crippen LogP contribution is -2.27. The van der Waals surface area contributed by atoms with Gasteiger partial charge in [-0.1, -0.05) is 18.2 Å². The van der Waals surface area contributed by atoms with Crippen molar-refractivity contribution in [3.63, 3.8) is 0 Å². The number of ether oxygens (including phenoxy) is 3. The summed E-state index contributed by atoms with van der Waals surface area (Å²) < 4.78 is 29.2. The van der Waals surface area contributed by atoms with Gasteiger partial charge >= 0.3 is 0 Å². The largest absolute Gasteiger partial charge is 0.493 e. The Kier molecular flexibility index (Phi) is 6.62. The zero-order valence-corrected chi connectivity index (χ0v) is 14.5. The van der Waals surface area contributed by atoms with E-state index in [4.69, 9.17) is 14.2 Å². The van der Waals surface area contributed by atoms with Gasteiger partial charge in [0.1, 0.15) is 0 Å². The quantitative estimate of drug-likeness (QED) is 0.794. The fraction of sp³-hybridized carbons (Fsp3) is 0.316. The van der Waals surface area contributed by atoms with Crippen LogP contribution in [0.4, 0.5) is 4.39 Å². The molecule has 1 atom stereocenters. The summed E-state index contributed by atoms with van der Waals surface area (Å²) in [5.74, 6) is 0.746. The molecule has 1 amide bonds. The molecule has 0 heterocycles. The third-order valence-corrected chi connectivity index (χ3v) is 3.71. The Morgan fingerprint density at radius 3 is 2.48 bits per heavy atom. The van der Waals surface area contributed by atoms with Gasteiger partial charge in [-0.25, -0.2) is 4.39 Å². The van der Waals surface area contributed by atoms with E-state index in [1.807, 2.05) is 19.1 Å². The molecule has 0 aliphatic carbocycles. The van der Waals surface area contributed by atoms with Crippen LogP contribution in [-0.2, 0) is 4.79 Å². The van der Waals surface area contributed by atoms with Crippen molar-refractivity contribution < 1.29 is 23.4 Å². The lowest BCUT2D eigenvalue weighted by molar-refractivity contribution is -0.122. The van der Waals surface area contributed by atoms with E-state index in [-0.39, 0.29) is 30.7 Å². The Morgan fingerprint density at radius 2 is 1.80 bits per heavy atom. The Bertz CT molecular complexity index is 720. The smallest absolute Gasteiger partial charge is 0.223 e. The van der Waals surface area contributed by atoms with Gasteiger partial charge < -0.3 is 19.5 Å². The van der Waals surface area contributed by atoms with E-state index in [1.165, 1.54) is 12.1 Å². The Hall–Kier alpha value is -2.76. The first-order valence-corrected chi connectivity index (χ1v) is 7.93. The number of carbonyl (C=O) groups is 1. The summed E-state index contributed by atoms with van der Waals surface area (Å²) >= 11 is 0. The summed E-state index contributed by atoms with van der Waals surface area (Å²) in [5, 5.41) is 2.88. The Labute approximate surface area is 146 Å². The van der Waals surface area contributed by atoms with Crippen molar-refractivity contribution in [1.29, 1.82) is 0 Å². The van der Waals surface area contributed by atoms with Crippen LogP contribution >= 0.6 is 0 Å². The summed E-state index contributed by atoms with van der Waals surface area (Å²) in [6.45, 7) is 1.97. The Balaban J connectivity index is 1.86. The molecule has 0 saturated carbocycles. The highest BCUT2D eigenvalue weighted by Crippen LogP contribution is 2.29. The van der Waals surface area contributed by atoms with Crippen LogP contribution in [0, 0.1) is 5.82 Å². The molecule has 0 aromatic heterocycles. The lowest BCUT2D eigenvalue weighted by Gasteiger charge is -2.16. The van der Waals surface area contributed by atoms with Crippen molar-refractivity contribution in [2.75, 3.05) is 20.8 Å². The second-order valence-electron chi connectivity index (χ2n) is 5.43. The maximum Gasteiger partial charge on any atom is 0.223 e. The van der Waals surface area contributed by atoms with Crippen molar-refractivity contribution in [2.45, 2.75) is 19.4 Å². The summed E-state index contributed by atoms with van der Waals surface area (Å²) in [4.78, 5) is 12.0. The van der Waals surface area contributed by atoms with Crippen molar-refractivity contribution in [3.05, 3.63) is 53.8 Å². The number of para-hydroxylation sites is 1. The molecule has 0 spiro atoms. The number of carbonyl (C=O) groups excluding carboxylic acids is 1. The van der Waals surface area contributed by atoms with E-state index in [0.29, 0.717) is 11.5 Å². The van der Waals surface area contributed by atoms with Crippen LogP contribution in [0.3, 0.4) is 0 Å². The molecule has 1 N–H and O–H groups in total. The number of halogens is 1. The summed E-state index contributed by atoms with van der Waals surface area (Å²) in [6.07, 6.45) is 0.131. The highest BCUT2D eigenvalue weighted by molar-refractivity contribution is 5.76. The van der Waals surface area contributed by atoms with Gasteiger partial charge in [0.15, 0.2) is 23.1 Å². The predicted octanol–water partition coefficient (Wildman–Crippen LogP) is 3.49. The van der Waals surface area contributed by atoms with Gasteiger partial charge in [-0.2, -0.15) is 0 Å². The molecule has 0 aliphatic rings. The predicted molar refractivity (Wildman–Crippen MR) is 92.6 cm³/mol. The SMILES string of the molecule is COc1ccc(C(C)NC(=O)CCOc2ccccc2F)cc1OC. The minimum absolute atomic E-state index is 0.103. The molecule has 5 nitrogen and oxygen atoms in total. The molecule has 0 saturated heterocycles. The highest BCUT2D eigenvalue weighted by atomic mass is 19.1. The number of methoxy groups -OCH3 is 2. The zero-order chi connectivity index (χ0) is 18.2. The van der Waals surface area contributed by atoms with Crippen LogP contribution < -0.4 is 19.5 Å². The fourth-order valence-electron chi connectivity index (χ4n) is 2.33. The molecule has 0 fully saturated rings. The topological polar surface area (TPSA) is 56.8 Å². The third kappa shape index (κ3) is 5.11. The number of benzene rings is 2. The summed E-state index contributed by atoms with van der Waals surface area (Å²) in [6, 6.07) is 11.4. The Morgan fingerprint density at radius 1 is 1.08 bits per heavy atom. The van der Waals surface area contributed by atoms with Gasteiger partial charge in [0.25, 0.3) is 0 Å². The van der Waals surface area contributed by atoms with Crippen molar-refractivity contribution in [1.82, 2.24) is 5.32 Å². The molecule has 2 rings (SSSR count). The van der Waals surface area contributed by atoms with Crippen LogP contribution in [-0.4, -0.2) is 26.7 Å². The van der Waals surface area contributed by atoms with E-state index in [9.17, 15) is 9.18 Å². The van der Waals surface area contributed by atoms with Gasteiger partial charge in [-0.15, -0.1) is 0 Å². The first-order chi connectivity index (χ1) is 12.0. The first-order valence-electron chi connectivity index (χ1n) is 7.93. The van der Waals surface area contributed by atoms with E-state index in [0.717, 1.165) is 5.56 Å². The van der Waals surface area contributed by atoms with Gasteiger partial charge in [0.05, 0.1) is 33.3 Å². The maximum atomic E-state index is 13.4. The van der Waals surface area contributed by atoms with Crippen LogP contribution in [0.2, 0.25) is 0 Å². The minimum Gasteiger partial charge on any atom is -0.493 e. The van der Waals surface area contributed by atoms with Crippen LogP contribution in [0.1, 0.15) is 24.9 Å². The van der Waals surface area contributed by atoms with E-state index < -0.39 is 5.82 Å². The molecule has 0 radical (unpaired) electrons. The second kappa shape index (κ2) is 8.92. The average molecular weight is 347 g/mol. The van der Waals surface area contributed by atoms with Crippen LogP contribution in [0.25, 0.3) is 0 Å². The molecule has 6 heteroatoms. The lowest BCUT2D eigenvalue weighted by atomic mass is 10.1. The van der Waals surface area contributed by atoms with Crippen LogP contribution in [0.15, 0.2) is 42.5 Å². The van der Waals surface area contributed by atoms with Gasteiger partial charge in [-0.05, 0) is 36.8 Å². The maximum absolute atomic E-state index is 13.4. The number of hydrogen-bond donors (Lipinski definition) is 1. The molecule has 134 valence electrons. The summed E-state index contributed by atoms with van der Waals surface area (Å²) in [7, 11) is 3.13. The number of nitrogens with one attached hydrogen (secondary N) is 1. The van der Waals surface area contributed by atoms with Crippen molar-refractivity contribution in [2.24, 2.45) is 0 Å². The van der Waals surface area contributed by atoms with E-state index >= 15 is 0 Å². The molecule has 1 unspecified atom stereocenters. The normalized spacial score (nSPS) is 11.5. The second-order valence-corrected chi connectivity index (χ2v) is 5.43. The molecular formula is C19H22FNO4. The number of hydrogen-bond acceptors (Lipinski definition) is 4. The summed E-state index contributed by atoms with van der Waals surface area (Å²) in [5.41, 5.74) is 0.890. The fourth-order valence-corrected chi connectivity index (χ4v) is 2.33. The van der Waals surface area contributed by atoms with Crippen LogP contribution in [0.5, 0.6) is 17.2 Å². The monoisotopic (exact) mass is 347 g/mol. The molecule has 2 aromatic rings.